The lowest BCUT2D eigenvalue weighted by molar-refractivity contribution is -0.137. The molecule has 0 atom stereocenters. The maximum Gasteiger partial charge on any atom is 0.303 e. The van der Waals surface area contributed by atoms with Crippen LogP contribution in [0.4, 0.5) is 0 Å². The molecule has 2 aromatic rings. The van der Waals surface area contributed by atoms with Crippen molar-refractivity contribution in [2.75, 3.05) is 0 Å². The molecule has 4 heteroatoms. The van der Waals surface area contributed by atoms with Crippen molar-refractivity contribution < 1.29 is 9.90 Å². The zero-order valence-electron chi connectivity index (χ0n) is 10.8. The van der Waals surface area contributed by atoms with Gasteiger partial charge in [0, 0.05) is 13.0 Å². The van der Waals surface area contributed by atoms with Crippen LogP contribution in [0.1, 0.15) is 26.1 Å². The smallest absolute Gasteiger partial charge is 0.303 e. The van der Waals surface area contributed by atoms with Gasteiger partial charge >= 0.3 is 5.97 Å². The zero-order chi connectivity index (χ0) is 13.1. The van der Waals surface area contributed by atoms with Crippen LogP contribution in [0.2, 0.25) is 0 Å². The predicted octanol–water partition coefficient (Wildman–Crippen LogP) is 2.71. The molecule has 0 aliphatic carbocycles. The lowest BCUT2D eigenvalue weighted by Crippen LogP contribution is -2.10. The van der Waals surface area contributed by atoms with Gasteiger partial charge in [0.1, 0.15) is 5.82 Å². The number of carboxylic acid groups (broad SMARTS) is 1. The van der Waals surface area contributed by atoms with Gasteiger partial charge in [0.2, 0.25) is 0 Å². The Bertz CT molecular complexity index is 558. The van der Waals surface area contributed by atoms with Crippen LogP contribution in [0.25, 0.3) is 11.0 Å². The summed E-state index contributed by atoms with van der Waals surface area (Å²) in [6.07, 6.45) is 0.609. The van der Waals surface area contributed by atoms with E-state index in [-0.39, 0.29) is 6.42 Å². The van der Waals surface area contributed by atoms with Crippen LogP contribution in [-0.4, -0.2) is 20.6 Å². The van der Waals surface area contributed by atoms with Crippen LogP contribution in [0, 0.1) is 5.92 Å². The number of aliphatic carboxylic acids is 1. The number of aromatic nitrogens is 2. The largest absolute Gasteiger partial charge is 0.481 e. The number of benzene rings is 1. The second-order valence-corrected chi connectivity index (χ2v) is 4.91. The van der Waals surface area contributed by atoms with E-state index in [1.54, 1.807) is 0 Å². The molecular weight excluding hydrogens is 228 g/mol. The van der Waals surface area contributed by atoms with Crippen molar-refractivity contribution >= 4 is 17.0 Å². The van der Waals surface area contributed by atoms with Crippen LogP contribution in [0.3, 0.4) is 0 Å². The topological polar surface area (TPSA) is 55.1 Å². The van der Waals surface area contributed by atoms with E-state index in [1.807, 2.05) is 24.3 Å². The number of fused-ring (bicyclic) bond motifs is 1. The first-order chi connectivity index (χ1) is 8.58. The molecule has 2 rings (SSSR count). The van der Waals surface area contributed by atoms with E-state index in [9.17, 15) is 4.79 Å². The molecule has 0 aliphatic heterocycles. The highest BCUT2D eigenvalue weighted by atomic mass is 16.4. The SMILES string of the molecule is CC(C)Cn1c(CCC(=O)O)nc2ccccc21. The van der Waals surface area contributed by atoms with Gasteiger partial charge in [-0.25, -0.2) is 4.98 Å². The minimum atomic E-state index is -0.779. The summed E-state index contributed by atoms with van der Waals surface area (Å²) in [5.74, 6) is 0.594. The zero-order valence-corrected chi connectivity index (χ0v) is 10.8. The third-order valence-electron chi connectivity index (χ3n) is 2.84. The van der Waals surface area contributed by atoms with E-state index in [2.05, 4.69) is 23.4 Å². The van der Waals surface area contributed by atoms with Gasteiger partial charge in [-0.1, -0.05) is 26.0 Å². The van der Waals surface area contributed by atoms with E-state index in [0.29, 0.717) is 12.3 Å². The molecule has 0 aliphatic rings. The number of carbonyl (C=O) groups is 1. The number of rotatable bonds is 5. The van der Waals surface area contributed by atoms with Crippen molar-refractivity contribution in [2.45, 2.75) is 33.2 Å². The summed E-state index contributed by atoms with van der Waals surface area (Å²) in [5.41, 5.74) is 2.03. The number of hydrogen-bond donors (Lipinski definition) is 1. The monoisotopic (exact) mass is 246 g/mol. The number of hydrogen-bond acceptors (Lipinski definition) is 2. The van der Waals surface area contributed by atoms with E-state index in [1.165, 1.54) is 0 Å². The fourth-order valence-electron chi connectivity index (χ4n) is 2.10. The van der Waals surface area contributed by atoms with Crippen LogP contribution in [0.5, 0.6) is 0 Å². The second kappa shape index (κ2) is 5.21. The summed E-state index contributed by atoms with van der Waals surface area (Å²) in [4.78, 5) is 15.2. The number of para-hydroxylation sites is 2. The molecule has 1 N–H and O–H groups in total. The van der Waals surface area contributed by atoms with Gasteiger partial charge in [-0.15, -0.1) is 0 Å². The summed E-state index contributed by atoms with van der Waals surface area (Å²) >= 11 is 0. The van der Waals surface area contributed by atoms with Gasteiger partial charge in [0.05, 0.1) is 17.5 Å². The van der Waals surface area contributed by atoms with Crippen LogP contribution >= 0.6 is 0 Å². The molecule has 1 aromatic heterocycles. The molecule has 18 heavy (non-hydrogen) atoms. The van der Waals surface area contributed by atoms with Crippen molar-refractivity contribution in [3.8, 4) is 0 Å². The Kier molecular flexibility index (Phi) is 3.65. The molecule has 96 valence electrons. The predicted molar refractivity (Wildman–Crippen MR) is 70.5 cm³/mol. The Balaban J connectivity index is 2.39. The normalized spacial score (nSPS) is 11.3. The standard InChI is InChI=1S/C14H18N2O2/c1-10(2)9-16-12-6-4-3-5-11(12)15-13(16)7-8-14(17)18/h3-6,10H,7-9H2,1-2H3,(H,17,18). The van der Waals surface area contributed by atoms with E-state index in [4.69, 9.17) is 5.11 Å². The Morgan fingerprint density at radius 1 is 1.39 bits per heavy atom. The van der Waals surface area contributed by atoms with Gasteiger partial charge in [-0.2, -0.15) is 0 Å². The first-order valence-corrected chi connectivity index (χ1v) is 6.24. The minimum Gasteiger partial charge on any atom is -0.481 e. The van der Waals surface area contributed by atoms with Gasteiger partial charge in [-0.3, -0.25) is 4.79 Å². The summed E-state index contributed by atoms with van der Waals surface area (Å²) in [6, 6.07) is 7.95. The molecule has 0 saturated carbocycles. The maximum absolute atomic E-state index is 10.7. The highest BCUT2D eigenvalue weighted by Gasteiger charge is 2.12. The molecule has 0 radical (unpaired) electrons. The maximum atomic E-state index is 10.7. The average Bonchev–Trinajstić information content (AvgIpc) is 2.64. The number of imidazole rings is 1. The Morgan fingerprint density at radius 3 is 2.78 bits per heavy atom. The van der Waals surface area contributed by atoms with Gasteiger partial charge in [0.15, 0.2) is 0 Å². The first kappa shape index (κ1) is 12.6. The van der Waals surface area contributed by atoms with Crippen LogP contribution in [0.15, 0.2) is 24.3 Å². The molecule has 1 heterocycles. The Labute approximate surface area is 106 Å². The van der Waals surface area contributed by atoms with E-state index < -0.39 is 5.97 Å². The molecule has 0 saturated heterocycles. The number of nitrogens with zero attached hydrogens (tertiary/aromatic N) is 2. The molecule has 4 nitrogen and oxygen atoms in total. The van der Waals surface area contributed by atoms with Gasteiger partial charge in [-0.05, 0) is 18.1 Å². The fourth-order valence-corrected chi connectivity index (χ4v) is 2.10. The molecule has 0 fully saturated rings. The molecule has 0 unspecified atom stereocenters. The molecule has 0 amide bonds. The first-order valence-electron chi connectivity index (χ1n) is 6.24. The minimum absolute atomic E-state index is 0.126. The molecule has 0 spiro atoms. The summed E-state index contributed by atoms with van der Waals surface area (Å²) < 4.78 is 2.14. The van der Waals surface area contributed by atoms with Crippen molar-refractivity contribution in [1.29, 1.82) is 0 Å². The number of carboxylic acids is 1. The molecule has 0 bridgehead atoms. The van der Waals surface area contributed by atoms with Crippen molar-refractivity contribution in [3.63, 3.8) is 0 Å². The second-order valence-electron chi connectivity index (χ2n) is 4.91. The van der Waals surface area contributed by atoms with E-state index >= 15 is 0 Å². The van der Waals surface area contributed by atoms with Gasteiger partial charge in [0.25, 0.3) is 0 Å². The summed E-state index contributed by atoms with van der Waals surface area (Å²) in [6.45, 7) is 5.17. The van der Waals surface area contributed by atoms with Crippen molar-refractivity contribution in [2.24, 2.45) is 5.92 Å². The van der Waals surface area contributed by atoms with Gasteiger partial charge < -0.3 is 9.67 Å². The van der Waals surface area contributed by atoms with E-state index in [0.717, 1.165) is 23.4 Å². The highest BCUT2D eigenvalue weighted by Crippen LogP contribution is 2.18. The highest BCUT2D eigenvalue weighted by molar-refractivity contribution is 5.76. The Morgan fingerprint density at radius 2 is 2.11 bits per heavy atom. The van der Waals surface area contributed by atoms with Crippen molar-refractivity contribution in [3.05, 3.63) is 30.1 Å². The third-order valence-corrected chi connectivity index (χ3v) is 2.84. The Hall–Kier alpha value is -1.84. The van der Waals surface area contributed by atoms with Crippen LogP contribution in [-0.2, 0) is 17.8 Å². The quantitative estimate of drug-likeness (QED) is 0.882. The average molecular weight is 246 g/mol. The third kappa shape index (κ3) is 2.70. The lowest BCUT2D eigenvalue weighted by Gasteiger charge is -2.11. The molecular formula is C14H18N2O2. The van der Waals surface area contributed by atoms with Crippen molar-refractivity contribution in [1.82, 2.24) is 9.55 Å². The number of aryl methyl sites for hydroxylation is 1. The summed E-state index contributed by atoms with van der Waals surface area (Å²) in [5, 5.41) is 8.79. The summed E-state index contributed by atoms with van der Waals surface area (Å²) in [7, 11) is 0. The molecule has 1 aromatic carbocycles. The lowest BCUT2D eigenvalue weighted by atomic mass is 10.2. The fraction of sp³-hybridized carbons (Fsp3) is 0.429. The van der Waals surface area contributed by atoms with Crippen LogP contribution < -0.4 is 0 Å².